The van der Waals surface area contributed by atoms with Gasteiger partial charge in [0, 0.05) is 50.0 Å². The van der Waals surface area contributed by atoms with E-state index >= 15 is 0 Å². The molecule has 1 saturated carbocycles. The molecule has 3 atom stereocenters. The SMILES string of the molecule is Cc1cc(NC(=O)N(C)CC2NNC3CCCC32)ccc1N1CCCC1=O. The molecule has 3 unspecified atom stereocenters. The lowest BCUT2D eigenvalue weighted by molar-refractivity contribution is -0.117. The summed E-state index contributed by atoms with van der Waals surface area (Å²) in [5.41, 5.74) is 9.42. The van der Waals surface area contributed by atoms with Crippen LogP contribution in [0.2, 0.25) is 0 Å². The van der Waals surface area contributed by atoms with E-state index in [0.717, 1.165) is 29.9 Å². The Morgan fingerprint density at radius 1 is 1.30 bits per heavy atom. The van der Waals surface area contributed by atoms with E-state index in [-0.39, 0.29) is 11.9 Å². The van der Waals surface area contributed by atoms with Crippen molar-refractivity contribution in [3.8, 4) is 0 Å². The number of fused-ring (bicyclic) bond motifs is 1. The number of hydrazine groups is 1. The van der Waals surface area contributed by atoms with Gasteiger partial charge in [0.15, 0.2) is 0 Å². The van der Waals surface area contributed by atoms with E-state index in [1.807, 2.05) is 37.1 Å². The number of nitrogens with one attached hydrogen (secondary N) is 3. The van der Waals surface area contributed by atoms with Gasteiger partial charge < -0.3 is 15.1 Å². The molecule has 1 aromatic carbocycles. The number of nitrogens with zero attached hydrogens (tertiary/aromatic N) is 2. The van der Waals surface area contributed by atoms with E-state index < -0.39 is 0 Å². The number of hydrogen-bond acceptors (Lipinski definition) is 4. The number of carbonyl (C=O) groups excluding carboxylic acids is 2. The van der Waals surface area contributed by atoms with Crippen LogP contribution in [-0.4, -0.2) is 49.1 Å². The topological polar surface area (TPSA) is 76.7 Å². The zero-order valence-corrected chi connectivity index (χ0v) is 16.1. The average Bonchev–Trinajstić information content (AvgIpc) is 3.34. The van der Waals surface area contributed by atoms with Crippen molar-refractivity contribution < 1.29 is 9.59 Å². The van der Waals surface area contributed by atoms with Crippen LogP contribution in [0.1, 0.15) is 37.7 Å². The summed E-state index contributed by atoms with van der Waals surface area (Å²) in [5, 5.41) is 2.98. The summed E-state index contributed by atoms with van der Waals surface area (Å²) >= 11 is 0. The Morgan fingerprint density at radius 3 is 2.89 bits per heavy atom. The first kappa shape index (κ1) is 18.3. The molecule has 3 fully saturated rings. The maximum absolute atomic E-state index is 12.6. The first-order valence-electron chi connectivity index (χ1n) is 9.97. The predicted octanol–water partition coefficient (Wildman–Crippen LogP) is 2.23. The fourth-order valence-electron chi connectivity index (χ4n) is 4.69. The normalized spacial score (nSPS) is 27.1. The fourth-order valence-corrected chi connectivity index (χ4v) is 4.69. The molecule has 0 bridgehead atoms. The molecule has 4 rings (SSSR count). The first-order chi connectivity index (χ1) is 13.0. The van der Waals surface area contributed by atoms with Crippen LogP contribution in [0.4, 0.5) is 16.2 Å². The second kappa shape index (κ2) is 7.48. The highest BCUT2D eigenvalue weighted by Crippen LogP contribution is 2.32. The van der Waals surface area contributed by atoms with Crippen molar-refractivity contribution in [3.63, 3.8) is 0 Å². The molecule has 3 N–H and O–H groups in total. The third-order valence-electron chi connectivity index (χ3n) is 6.17. The number of anilines is 2. The minimum absolute atomic E-state index is 0.109. The summed E-state index contributed by atoms with van der Waals surface area (Å²) in [5.74, 6) is 0.789. The van der Waals surface area contributed by atoms with Gasteiger partial charge in [-0.25, -0.2) is 4.79 Å². The van der Waals surface area contributed by atoms with Crippen LogP contribution >= 0.6 is 0 Å². The standard InChI is InChI=1S/C20H29N5O2/c1-13-11-14(8-9-18(13)25-10-4-7-19(25)26)21-20(27)24(2)12-17-15-5-3-6-16(15)22-23-17/h8-9,11,15-17,22-23H,3-7,10,12H2,1-2H3,(H,21,27). The lowest BCUT2D eigenvalue weighted by Crippen LogP contribution is -2.44. The van der Waals surface area contributed by atoms with Crippen LogP contribution in [0.15, 0.2) is 18.2 Å². The van der Waals surface area contributed by atoms with Crippen LogP contribution in [0.3, 0.4) is 0 Å². The van der Waals surface area contributed by atoms with Crippen molar-refractivity contribution in [1.29, 1.82) is 0 Å². The molecule has 0 aromatic heterocycles. The molecule has 2 heterocycles. The van der Waals surface area contributed by atoms with E-state index in [9.17, 15) is 9.59 Å². The van der Waals surface area contributed by atoms with Crippen LogP contribution in [-0.2, 0) is 4.79 Å². The van der Waals surface area contributed by atoms with Gasteiger partial charge in [0.25, 0.3) is 0 Å². The predicted molar refractivity (Wildman–Crippen MR) is 106 cm³/mol. The number of amides is 3. The highest BCUT2D eigenvalue weighted by molar-refractivity contribution is 5.96. The van der Waals surface area contributed by atoms with Crippen molar-refractivity contribution in [3.05, 3.63) is 23.8 Å². The van der Waals surface area contributed by atoms with Crippen LogP contribution in [0.25, 0.3) is 0 Å². The highest BCUT2D eigenvalue weighted by Gasteiger charge is 2.39. The molecule has 1 aliphatic carbocycles. The summed E-state index contributed by atoms with van der Waals surface area (Å²) in [7, 11) is 1.84. The first-order valence-corrected chi connectivity index (χ1v) is 9.97. The lowest BCUT2D eigenvalue weighted by atomic mass is 9.97. The molecule has 0 spiro atoms. The maximum atomic E-state index is 12.6. The van der Waals surface area contributed by atoms with Gasteiger partial charge >= 0.3 is 6.03 Å². The van der Waals surface area contributed by atoms with E-state index in [4.69, 9.17) is 0 Å². The summed E-state index contributed by atoms with van der Waals surface area (Å²) in [6.07, 6.45) is 5.24. The Labute approximate surface area is 160 Å². The highest BCUT2D eigenvalue weighted by atomic mass is 16.2. The molecule has 1 aromatic rings. The van der Waals surface area contributed by atoms with Gasteiger partial charge in [0.05, 0.1) is 0 Å². The quantitative estimate of drug-likeness (QED) is 0.759. The van der Waals surface area contributed by atoms with Gasteiger partial charge in [-0.05, 0) is 55.9 Å². The molecule has 7 heteroatoms. The molecule has 7 nitrogen and oxygen atoms in total. The summed E-state index contributed by atoms with van der Waals surface area (Å²) < 4.78 is 0. The van der Waals surface area contributed by atoms with Crippen molar-refractivity contribution in [2.75, 3.05) is 30.4 Å². The number of likely N-dealkylation sites (N-methyl/N-ethyl adjacent to an activating group) is 1. The number of aryl methyl sites for hydroxylation is 1. The molecule has 2 aliphatic heterocycles. The average molecular weight is 371 g/mol. The third kappa shape index (κ3) is 3.66. The largest absolute Gasteiger partial charge is 0.326 e. The van der Waals surface area contributed by atoms with Gasteiger partial charge in [-0.15, -0.1) is 0 Å². The van der Waals surface area contributed by atoms with Gasteiger partial charge in [0.1, 0.15) is 0 Å². The zero-order valence-electron chi connectivity index (χ0n) is 16.1. The molecule has 3 amide bonds. The fraction of sp³-hybridized carbons (Fsp3) is 0.600. The summed E-state index contributed by atoms with van der Waals surface area (Å²) in [4.78, 5) is 28.1. The van der Waals surface area contributed by atoms with Gasteiger partial charge in [-0.2, -0.15) is 0 Å². The van der Waals surface area contributed by atoms with Gasteiger partial charge in [0.2, 0.25) is 5.91 Å². The van der Waals surface area contributed by atoms with Crippen LogP contribution in [0, 0.1) is 12.8 Å². The molecule has 146 valence electrons. The van der Waals surface area contributed by atoms with E-state index in [2.05, 4.69) is 16.2 Å². The van der Waals surface area contributed by atoms with Crippen LogP contribution in [0.5, 0.6) is 0 Å². The third-order valence-corrected chi connectivity index (χ3v) is 6.17. The van der Waals surface area contributed by atoms with E-state index in [1.54, 1.807) is 4.90 Å². The molecular weight excluding hydrogens is 342 g/mol. The monoisotopic (exact) mass is 371 g/mol. The zero-order chi connectivity index (χ0) is 19.0. The molecule has 27 heavy (non-hydrogen) atoms. The summed E-state index contributed by atoms with van der Waals surface area (Å²) in [6.45, 7) is 3.44. The molecular formula is C20H29N5O2. The Morgan fingerprint density at radius 2 is 2.15 bits per heavy atom. The molecule has 2 saturated heterocycles. The Hall–Kier alpha value is -2.12. The van der Waals surface area contributed by atoms with Gasteiger partial charge in [-0.1, -0.05) is 6.42 Å². The number of urea groups is 1. The Kier molecular flexibility index (Phi) is 5.06. The van der Waals surface area contributed by atoms with Crippen molar-refractivity contribution >= 4 is 23.3 Å². The minimum atomic E-state index is -0.109. The number of hydrogen-bond donors (Lipinski definition) is 3. The van der Waals surface area contributed by atoms with Crippen molar-refractivity contribution in [1.82, 2.24) is 15.8 Å². The van der Waals surface area contributed by atoms with Crippen molar-refractivity contribution in [2.45, 2.75) is 51.1 Å². The molecule has 3 aliphatic rings. The second-order valence-corrected chi connectivity index (χ2v) is 8.06. The minimum Gasteiger partial charge on any atom is -0.326 e. The van der Waals surface area contributed by atoms with Gasteiger partial charge in [-0.3, -0.25) is 15.6 Å². The van der Waals surface area contributed by atoms with E-state index in [0.29, 0.717) is 31.0 Å². The Bertz CT molecular complexity index is 737. The molecule has 0 radical (unpaired) electrons. The maximum Gasteiger partial charge on any atom is 0.321 e. The van der Waals surface area contributed by atoms with Crippen LogP contribution < -0.4 is 21.1 Å². The van der Waals surface area contributed by atoms with Crippen molar-refractivity contribution in [2.24, 2.45) is 5.92 Å². The van der Waals surface area contributed by atoms with E-state index in [1.165, 1.54) is 19.3 Å². The number of benzene rings is 1. The Balaban J connectivity index is 1.36. The number of rotatable bonds is 4. The number of carbonyl (C=O) groups is 2. The second-order valence-electron chi connectivity index (χ2n) is 8.06. The smallest absolute Gasteiger partial charge is 0.321 e. The lowest BCUT2D eigenvalue weighted by Gasteiger charge is -2.25. The summed E-state index contributed by atoms with van der Waals surface area (Å²) in [6, 6.07) is 6.49.